The molecule has 0 unspecified atom stereocenters. The molecule has 126 valence electrons. The Labute approximate surface area is 146 Å². The van der Waals surface area contributed by atoms with Gasteiger partial charge in [0.2, 0.25) is 5.91 Å². The second-order valence-corrected chi connectivity index (χ2v) is 7.86. The number of nitrogens with one attached hydrogen (secondary N) is 2. The molecule has 2 atom stereocenters. The number of carbonyl (C=O) groups excluding carboxylic acids is 2. The number of alkyl halides is 2. The Morgan fingerprint density at radius 2 is 1.83 bits per heavy atom. The number of hydrogen-bond acceptors (Lipinski definition) is 2. The standard InChI is InChI=1S/C17H22Cl2N2O2/c1-4-11(2)21-14(22)13-7-5-12(6-8-13)9-20-15(23)16(3)10-17(16,18)19/h5-8,11H,4,9-10H2,1-3H3,(H,20,23)(H,21,22)/t11-,16+/m0/s1. The second kappa shape index (κ2) is 6.70. The molecule has 0 spiro atoms. The summed E-state index contributed by atoms with van der Waals surface area (Å²) in [7, 11) is 0. The highest BCUT2D eigenvalue weighted by Gasteiger charge is 2.67. The molecule has 2 N–H and O–H groups in total. The summed E-state index contributed by atoms with van der Waals surface area (Å²) in [6.45, 7) is 6.12. The van der Waals surface area contributed by atoms with Crippen LogP contribution in [0.25, 0.3) is 0 Å². The maximum Gasteiger partial charge on any atom is 0.251 e. The lowest BCUT2D eigenvalue weighted by molar-refractivity contribution is -0.125. The summed E-state index contributed by atoms with van der Waals surface area (Å²) in [4.78, 5) is 24.1. The SMILES string of the molecule is CC[C@H](C)NC(=O)c1ccc(CNC(=O)[C@@]2(C)CC2(Cl)Cl)cc1. The van der Waals surface area contributed by atoms with Gasteiger partial charge in [0, 0.05) is 18.2 Å². The molecule has 1 aliphatic carbocycles. The molecule has 0 heterocycles. The van der Waals surface area contributed by atoms with Crippen LogP contribution in [0.5, 0.6) is 0 Å². The number of rotatable bonds is 6. The van der Waals surface area contributed by atoms with Crippen molar-refractivity contribution >= 4 is 35.0 Å². The van der Waals surface area contributed by atoms with E-state index in [2.05, 4.69) is 10.6 Å². The molecule has 0 bridgehead atoms. The first-order valence-electron chi connectivity index (χ1n) is 7.75. The molecule has 4 nitrogen and oxygen atoms in total. The van der Waals surface area contributed by atoms with E-state index in [0.717, 1.165) is 12.0 Å². The van der Waals surface area contributed by atoms with Gasteiger partial charge in [-0.1, -0.05) is 19.1 Å². The summed E-state index contributed by atoms with van der Waals surface area (Å²) in [6, 6.07) is 7.31. The molecule has 0 radical (unpaired) electrons. The first-order valence-corrected chi connectivity index (χ1v) is 8.51. The molecule has 1 fully saturated rings. The third-order valence-electron chi connectivity index (χ3n) is 4.42. The Bertz CT molecular complexity index is 601. The zero-order valence-corrected chi connectivity index (χ0v) is 15.1. The Hall–Kier alpha value is -1.26. The molecular weight excluding hydrogens is 335 g/mol. The Morgan fingerprint density at radius 3 is 2.30 bits per heavy atom. The molecule has 2 rings (SSSR count). The lowest BCUT2D eigenvalue weighted by Crippen LogP contribution is -2.33. The number of halogens is 2. The normalized spacial score (nSPS) is 23.0. The summed E-state index contributed by atoms with van der Waals surface area (Å²) in [6.07, 6.45) is 1.35. The van der Waals surface area contributed by atoms with E-state index in [-0.39, 0.29) is 17.9 Å². The van der Waals surface area contributed by atoms with E-state index in [0.29, 0.717) is 18.5 Å². The lowest BCUT2D eigenvalue weighted by atomic mass is 10.1. The van der Waals surface area contributed by atoms with Crippen molar-refractivity contribution in [1.29, 1.82) is 0 Å². The van der Waals surface area contributed by atoms with Gasteiger partial charge in [-0.25, -0.2) is 0 Å². The molecule has 2 amide bonds. The highest BCUT2D eigenvalue weighted by molar-refractivity contribution is 6.53. The minimum absolute atomic E-state index is 0.0884. The van der Waals surface area contributed by atoms with Gasteiger partial charge in [0.05, 0.1) is 5.41 Å². The van der Waals surface area contributed by atoms with Crippen molar-refractivity contribution < 1.29 is 9.59 Å². The molecule has 1 aromatic rings. The Kier molecular flexibility index (Phi) is 5.27. The van der Waals surface area contributed by atoms with E-state index in [1.807, 2.05) is 26.0 Å². The average Bonchev–Trinajstić information content (AvgIpc) is 3.04. The van der Waals surface area contributed by atoms with Gasteiger partial charge in [-0.15, -0.1) is 23.2 Å². The maximum absolute atomic E-state index is 12.1. The lowest BCUT2D eigenvalue weighted by Gasteiger charge is -2.13. The van der Waals surface area contributed by atoms with Crippen molar-refractivity contribution in [3.63, 3.8) is 0 Å². The zero-order chi connectivity index (χ0) is 17.3. The number of carbonyl (C=O) groups is 2. The van der Waals surface area contributed by atoms with Crippen LogP contribution in [0.2, 0.25) is 0 Å². The maximum atomic E-state index is 12.1. The van der Waals surface area contributed by atoms with Crippen LogP contribution in [0.1, 0.15) is 49.5 Å². The topological polar surface area (TPSA) is 58.2 Å². The van der Waals surface area contributed by atoms with Gasteiger partial charge in [0.1, 0.15) is 4.33 Å². The molecule has 0 aliphatic heterocycles. The summed E-state index contributed by atoms with van der Waals surface area (Å²) < 4.78 is -0.963. The molecule has 1 aromatic carbocycles. The number of hydrogen-bond donors (Lipinski definition) is 2. The van der Waals surface area contributed by atoms with E-state index < -0.39 is 9.75 Å². The monoisotopic (exact) mass is 356 g/mol. The number of benzene rings is 1. The predicted molar refractivity (Wildman–Crippen MR) is 92.7 cm³/mol. The van der Waals surface area contributed by atoms with Crippen molar-refractivity contribution in [2.24, 2.45) is 5.41 Å². The minimum Gasteiger partial charge on any atom is -0.351 e. The van der Waals surface area contributed by atoms with Crippen LogP contribution >= 0.6 is 23.2 Å². The van der Waals surface area contributed by atoms with Gasteiger partial charge in [-0.2, -0.15) is 0 Å². The van der Waals surface area contributed by atoms with Crippen LogP contribution in [-0.2, 0) is 11.3 Å². The van der Waals surface area contributed by atoms with E-state index in [4.69, 9.17) is 23.2 Å². The minimum atomic E-state index is -0.963. The largest absolute Gasteiger partial charge is 0.351 e. The first kappa shape index (κ1) is 18.1. The van der Waals surface area contributed by atoms with Crippen LogP contribution < -0.4 is 10.6 Å². The van der Waals surface area contributed by atoms with Crippen LogP contribution in [0.15, 0.2) is 24.3 Å². The molecular formula is C17H22Cl2N2O2. The first-order chi connectivity index (χ1) is 10.7. The smallest absolute Gasteiger partial charge is 0.251 e. The van der Waals surface area contributed by atoms with E-state index in [1.165, 1.54) is 0 Å². The van der Waals surface area contributed by atoms with Gasteiger partial charge in [0.25, 0.3) is 5.91 Å². The molecule has 0 saturated heterocycles. The summed E-state index contributed by atoms with van der Waals surface area (Å²) in [5.41, 5.74) is 0.805. The summed E-state index contributed by atoms with van der Waals surface area (Å²) in [5, 5.41) is 5.75. The summed E-state index contributed by atoms with van der Waals surface area (Å²) in [5.74, 6) is -0.240. The van der Waals surface area contributed by atoms with Crippen LogP contribution in [-0.4, -0.2) is 22.2 Å². The summed E-state index contributed by atoms with van der Waals surface area (Å²) >= 11 is 12.0. The third kappa shape index (κ3) is 3.99. The molecule has 1 aliphatic rings. The third-order valence-corrected chi connectivity index (χ3v) is 5.52. The highest BCUT2D eigenvalue weighted by Crippen LogP contribution is 2.63. The van der Waals surface area contributed by atoms with Gasteiger partial charge < -0.3 is 10.6 Å². The van der Waals surface area contributed by atoms with Gasteiger partial charge >= 0.3 is 0 Å². The van der Waals surface area contributed by atoms with E-state index in [1.54, 1.807) is 19.1 Å². The van der Waals surface area contributed by atoms with Crippen molar-refractivity contribution in [3.05, 3.63) is 35.4 Å². The number of amides is 2. The Morgan fingerprint density at radius 1 is 1.26 bits per heavy atom. The second-order valence-electron chi connectivity index (χ2n) is 6.38. The van der Waals surface area contributed by atoms with Crippen molar-refractivity contribution in [3.8, 4) is 0 Å². The molecule has 0 aromatic heterocycles. The van der Waals surface area contributed by atoms with Crippen molar-refractivity contribution in [2.45, 2.75) is 50.5 Å². The van der Waals surface area contributed by atoms with Crippen molar-refractivity contribution in [2.75, 3.05) is 0 Å². The molecule has 23 heavy (non-hydrogen) atoms. The fourth-order valence-electron chi connectivity index (χ4n) is 2.21. The van der Waals surface area contributed by atoms with Crippen LogP contribution in [0.3, 0.4) is 0 Å². The van der Waals surface area contributed by atoms with Crippen LogP contribution in [0.4, 0.5) is 0 Å². The van der Waals surface area contributed by atoms with Gasteiger partial charge in [-0.05, 0) is 44.4 Å². The fourth-order valence-corrected chi connectivity index (χ4v) is 2.91. The quantitative estimate of drug-likeness (QED) is 0.767. The zero-order valence-electron chi connectivity index (χ0n) is 13.6. The molecule has 6 heteroatoms. The van der Waals surface area contributed by atoms with Crippen molar-refractivity contribution in [1.82, 2.24) is 10.6 Å². The Balaban J connectivity index is 1.88. The van der Waals surface area contributed by atoms with Crippen LogP contribution in [0, 0.1) is 5.41 Å². The fraction of sp³-hybridized carbons (Fsp3) is 0.529. The average molecular weight is 357 g/mol. The highest BCUT2D eigenvalue weighted by atomic mass is 35.5. The van der Waals surface area contributed by atoms with E-state index >= 15 is 0 Å². The van der Waals surface area contributed by atoms with Gasteiger partial charge in [-0.3, -0.25) is 9.59 Å². The predicted octanol–water partition coefficient (Wildman–Crippen LogP) is 3.42. The van der Waals surface area contributed by atoms with Gasteiger partial charge in [0.15, 0.2) is 0 Å². The van der Waals surface area contributed by atoms with E-state index in [9.17, 15) is 9.59 Å². The molecule has 1 saturated carbocycles.